The molecule has 5 heteroatoms. The van der Waals surface area contributed by atoms with Gasteiger partial charge in [-0.15, -0.1) is 0 Å². The Morgan fingerprint density at radius 2 is 2.04 bits per heavy atom. The summed E-state index contributed by atoms with van der Waals surface area (Å²) in [4.78, 5) is 16.6. The molecule has 0 bridgehead atoms. The van der Waals surface area contributed by atoms with Crippen LogP contribution in [0.4, 0.5) is 0 Å². The highest BCUT2D eigenvalue weighted by molar-refractivity contribution is 5.92. The fourth-order valence-electron chi connectivity index (χ4n) is 3.25. The summed E-state index contributed by atoms with van der Waals surface area (Å²) in [5.41, 5.74) is 2.06. The Morgan fingerprint density at radius 1 is 1.29 bits per heavy atom. The van der Waals surface area contributed by atoms with E-state index in [0.29, 0.717) is 18.9 Å². The Morgan fingerprint density at radius 3 is 2.71 bits per heavy atom. The third kappa shape index (κ3) is 3.37. The highest BCUT2D eigenvalue weighted by Crippen LogP contribution is 2.29. The van der Waals surface area contributed by atoms with E-state index in [1.807, 2.05) is 25.1 Å². The van der Waals surface area contributed by atoms with Gasteiger partial charge in [-0.3, -0.25) is 9.69 Å². The van der Waals surface area contributed by atoms with Crippen LogP contribution in [0.25, 0.3) is 0 Å². The maximum absolute atomic E-state index is 12.6. The maximum atomic E-state index is 12.6. The molecule has 0 N–H and O–H groups in total. The molecule has 0 unspecified atom stereocenters. The second-order valence-electron chi connectivity index (χ2n) is 6.36. The lowest BCUT2D eigenvalue weighted by atomic mass is 9.98. The Kier molecular flexibility index (Phi) is 5.02. The first-order valence-electron chi connectivity index (χ1n) is 8.24. The van der Waals surface area contributed by atoms with Gasteiger partial charge in [-0.1, -0.05) is 30.3 Å². The molecule has 0 saturated carbocycles. The van der Waals surface area contributed by atoms with Crippen LogP contribution in [-0.2, 0) is 4.74 Å². The van der Waals surface area contributed by atoms with E-state index in [1.54, 1.807) is 24.3 Å². The quantitative estimate of drug-likeness (QED) is 0.866. The molecule has 3 rings (SSSR count). The average Bonchev–Trinajstić information content (AvgIpc) is 3.01. The van der Waals surface area contributed by atoms with Crippen molar-refractivity contribution >= 4 is 5.91 Å². The summed E-state index contributed by atoms with van der Waals surface area (Å²) in [5, 5.41) is 0. The van der Waals surface area contributed by atoms with E-state index in [4.69, 9.17) is 9.15 Å². The van der Waals surface area contributed by atoms with Crippen LogP contribution in [-0.4, -0.2) is 55.6 Å². The first kappa shape index (κ1) is 16.7. The van der Waals surface area contributed by atoms with E-state index >= 15 is 0 Å². The van der Waals surface area contributed by atoms with Crippen molar-refractivity contribution in [2.45, 2.75) is 19.1 Å². The number of ether oxygens (including phenoxy) is 1. The van der Waals surface area contributed by atoms with Crippen molar-refractivity contribution in [3.05, 3.63) is 59.5 Å². The molecule has 1 aromatic carbocycles. The number of hydrogen-bond acceptors (Lipinski definition) is 4. The second-order valence-corrected chi connectivity index (χ2v) is 6.36. The van der Waals surface area contributed by atoms with Gasteiger partial charge in [-0.2, -0.15) is 0 Å². The van der Waals surface area contributed by atoms with E-state index in [-0.39, 0.29) is 18.1 Å². The molecule has 2 aromatic rings. The number of benzene rings is 1. The maximum Gasteiger partial charge on any atom is 0.289 e. The molecule has 1 aliphatic rings. The van der Waals surface area contributed by atoms with Crippen LogP contribution in [0.1, 0.15) is 27.7 Å². The van der Waals surface area contributed by atoms with Gasteiger partial charge in [0.15, 0.2) is 5.76 Å². The molecule has 0 aliphatic carbocycles. The number of aryl methyl sites for hydroxylation is 1. The van der Waals surface area contributed by atoms with Crippen molar-refractivity contribution in [3.8, 4) is 0 Å². The van der Waals surface area contributed by atoms with Crippen molar-refractivity contribution in [1.82, 2.24) is 9.80 Å². The zero-order chi connectivity index (χ0) is 17.1. The van der Waals surface area contributed by atoms with Gasteiger partial charge in [-0.05, 0) is 25.6 Å². The SMILES string of the molecule is Cc1ccoc1C(=O)N(C)C[C@@H]1OCCN(C)[C@H]1c1ccccc1. The molecule has 128 valence electrons. The van der Waals surface area contributed by atoms with Gasteiger partial charge in [0, 0.05) is 25.7 Å². The van der Waals surface area contributed by atoms with Crippen LogP contribution < -0.4 is 0 Å². The van der Waals surface area contributed by atoms with Gasteiger partial charge in [0.05, 0.1) is 25.0 Å². The first-order chi connectivity index (χ1) is 11.6. The molecule has 0 radical (unpaired) electrons. The number of likely N-dealkylation sites (N-methyl/N-ethyl adjacent to an activating group) is 2. The molecule has 5 nitrogen and oxygen atoms in total. The minimum Gasteiger partial charge on any atom is -0.459 e. The predicted octanol–water partition coefficient (Wildman–Crippen LogP) is 2.73. The van der Waals surface area contributed by atoms with Crippen LogP contribution in [0.5, 0.6) is 0 Å². The molecule has 2 heterocycles. The normalized spacial score (nSPS) is 21.6. The van der Waals surface area contributed by atoms with Gasteiger partial charge >= 0.3 is 0 Å². The van der Waals surface area contributed by atoms with E-state index in [9.17, 15) is 4.79 Å². The lowest BCUT2D eigenvalue weighted by molar-refractivity contribution is -0.0709. The van der Waals surface area contributed by atoms with E-state index in [0.717, 1.165) is 12.1 Å². The van der Waals surface area contributed by atoms with Gasteiger partial charge in [-0.25, -0.2) is 0 Å². The number of hydrogen-bond donors (Lipinski definition) is 0. The first-order valence-corrected chi connectivity index (χ1v) is 8.24. The summed E-state index contributed by atoms with van der Waals surface area (Å²) < 4.78 is 11.3. The Balaban J connectivity index is 1.76. The van der Waals surface area contributed by atoms with Gasteiger partial charge < -0.3 is 14.1 Å². The molecule has 0 spiro atoms. The minimum atomic E-state index is -0.110. The van der Waals surface area contributed by atoms with E-state index < -0.39 is 0 Å². The highest BCUT2D eigenvalue weighted by atomic mass is 16.5. The largest absolute Gasteiger partial charge is 0.459 e. The van der Waals surface area contributed by atoms with Crippen LogP contribution >= 0.6 is 0 Å². The van der Waals surface area contributed by atoms with Crippen LogP contribution in [0.3, 0.4) is 0 Å². The molecular weight excluding hydrogens is 304 g/mol. The monoisotopic (exact) mass is 328 g/mol. The zero-order valence-corrected chi connectivity index (χ0v) is 14.4. The number of nitrogens with zero attached hydrogens (tertiary/aromatic N) is 2. The third-order valence-corrected chi connectivity index (χ3v) is 4.60. The van der Waals surface area contributed by atoms with Crippen molar-refractivity contribution in [2.75, 3.05) is 33.8 Å². The minimum absolute atomic E-state index is 0.0737. The molecule has 1 amide bonds. The molecule has 24 heavy (non-hydrogen) atoms. The van der Waals surface area contributed by atoms with Crippen molar-refractivity contribution in [3.63, 3.8) is 0 Å². The number of amides is 1. The topological polar surface area (TPSA) is 45.9 Å². The molecule has 2 atom stereocenters. The Labute approximate surface area is 142 Å². The Bertz CT molecular complexity index is 683. The van der Waals surface area contributed by atoms with Gasteiger partial charge in [0.2, 0.25) is 0 Å². The number of carbonyl (C=O) groups excluding carboxylic acids is 1. The molecule has 1 aromatic heterocycles. The van der Waals surface area contributed by atoms with Gasteiger partial charge in [0.1, 0.15) is 0 Å². The molecule has 1 fully saturated rings. The standard InChI is InChI=1S/C19H24N2O3/c1-14-9-11-24-18(14)19(22)21(3)13-16-17(20(2)10-12-23-16)15-7-5-4-6-8-15/h4-9,11,16-17H,10,12-13H2,1-3H3/t16-,17-/m0/s1. The van der Waals surface area contributed by atoms with Crippen LogP contribution in [0, 0.1) is 6.92 Å². The molecule has 1 aliphatic heterocycles. The lowest BCUT2D eigenvalue weighted by Gasteiger charge is -2.40. The fraction of sp³-hybridized carbons (Fsp3) is 0.421. The van der Waals surface area contributed by atoms with Crippen LogP contribution in [0.2, 0.25) is 0 Å². The lowest BCUT2D eigenvalue weighted by Crippen LogP contribution is -2.48. The highest BCUT2D eigenvalue weighted by Gasteiger charge is 2.33. The smallest absolute Gasteiger partial charge is 0.289 e. The fourth-order valence-corrected chi connectivity index (χ4v) is 3.25. The zero-order valence-electron chi connectivity index (χ0n) is 14.4. The average molecular weight is 328 g/mol. The van der Waals surface area contributed by atoms with Crippen molar-refractivity contribution in [2.24, 2.45) is 0 Å². The summed E-state index contributed by atoms with van der Waals surface area (Å²) in [5.74, 6) is 0.291. The number of morpholine rings is 1. The second kappa shape index (κ2) is 7.20. The summed E-state index contributed by atoms with van der Waals surface area (Å²) in [6, 6.07) is 12.2. The summed E-state index contributed by atoms with van der Waals surface area (Å²) in [6.07, 6.45) is 1.48. The summed E-state index contributed by atoms with van der Waals surface area (Å²) in [6.45, 7) is 3.95. The summed E-state index contributed by atoms with van der Waals surface area (Å²) >= 11 is 0. The van der Waals surface area contributed by atoms with Crippen molar-refractivity contribution in [1.29, 1.82) is 0 Å². The van der Waals surface area contributed by atoms with Crippen molar-refractivity contribution < 1.29 is 13.9 Å². The Hall–Kier alpha value is -2.11. The number of rotatable bonds is 4. The summed E-state index contributed by atoms with van der Waals surface area (Å²) in [7, 11) is 3.90. The van der Waals surface area contributed by atoms with E-state index in [2.05, 4.69) is 24.1 Å². The number of carbonyl (C=O) groups is 1. The van der Waals surface area contributed by atoms with Gasteiger partial charge in [0.25, 0.3) is 5.91 Å². The molecular formula is C19H24N2O3. The predicted molar refractivity (Wildman–Crippen MR) is 92.0 cm³/mol. The third-order valence-electron chi connectivity index (χ3n) is 4.60. The van der Waals surface area contributed by atoms with Crippen LogP contribution in [0.15, 0.2) is 47.1 Å². The van der Waals surface area contributed by atoms with E-state index in [1.165, 1.54) is 5.56 Å². The number of furan rings is 1. The molecule has 1 saturated heterocycles.